The van der Waals surface area contributed by atoms with E-state index in [9.17, 15) is 9.59 Å². The highest BCUT2D eigenvalue weighted by molar-refractivity contribution is 8.00. The van der Waals surface area contributed by atoms with Crippen molar-refractivity contribution in [1.29, 1.82) is 0 Å². The zero-order valence-electron chi connectivity index (χ0n) is 18.6. The van der Waals surface area contributed by atoms with Gasteiger partial charge in [-0.2, -0.15) is 0 Å². The fraction of sp³-hybridized carbons (Fsp3) is 0.520. The van der Waals surface area contributed by atoms with Crippen LogP contribution in [-0.2, 0) is 9.59 Å². The Morgan fingerprint density at radius 2 is 2.03 bits per heavy atom. The Labute approximate surface area is 189 Å². The van der Waals surface area contributed by atoms with E-state index < -0.39 is 6.04 Å². The zero-order valence-corrected chi connectivity index (χ0v) is 19.4. The van der Waals surface area contributed by atoms with Gasteiger partial charge in [0.25, 0.3) is 5.91 Å². The van der Waals surface area contributed by atoms with Gasteiger partial charge >= 0.3 is 0 Å². The summed E-state index contributed by atoms with van der Waals surface area (Å²) < 4.78 is 0. The quantitative estimate of drug-likeness (QED) is 0.619. The maximum Gasteiger partial charge on any atom is 0.251 e. The standard InChI is InChI=1S/C25H33N3O2S/c1-15(2)13-21(25(30)27-18-9-6-7-16(18)3)28-24(29)17-11-12-23-20(14-17)26-19-8-4-5-10-22(19)31-23/h4-5,8,10-12,14-16,18,20-21,23,26H,6-7,9,13H2,1-3H3,(H,27,30)(H,28,29)/t16-,18-,20?,21+,23?/m0/s1. The normalized spacial score (nSPS) is 27.5. The van der Waals surface area contributed by atoms with E-state index in [1.165, 1.54) is 4.90 Å². The predicted molar refractivity (Wildman–Crippen MR) is 127 cm³/mol. The average Bonchev–Trinajstić information content (AvgIpc) is 3.15. The summed E-state index contributed by atoms with van der Waals surface area (Å²) in [6.07, 6.45) is 9.93. The molecule has 2 unspecified atom stereocenters. The summed E-state index contributed by atoms with van der Waals surface area (Å²) in [4.78, 5) is 27.3. The highest BCUT2D eigenvalue weighted by atomic mass is 32.2. The van der Waals surface area contributed by atoms with Gasteiger partial charge < -0.3 is 16.0 Å². The first kappa shape index (κ1) is 22.0. The zero-order chi connectivity index (χ0) is 22.0. The maximum atomic E-state index is 13.1. The van der Waals surface area contributed by atoms with Gasteiger partial charge in [-0.1, -0.05) is 51.5 Å². The number of thioether (sulfide) groups is 1. The number of hydrogen-bond donors (Lipinski definition) is 3. The second-order valence-electron chi connectivity index (χ2n) is 9.41. The van der Waals surface area contributed by atoms with E-state index in [0.29, 0.717) is 23.8 Å². The molecule has 0 saturated heterocycles. The molecule has 2 aliphatic carbocycles. The Morgan fingerprint density at radius 1 is 1.23 bits per heavy atom. The molecular formula is C25H33N3O2S. The van der Waals surface area contributed by atoms with Crippen LogP contribution < -0.4 is 16.0 Å². The molecule has 0 radical (unpaired) electrons. The van der Waals surface area contributed by atoms with Crippen LogP contribution in [0.1, 0.15) is 46.5 Å². The maximum absolute atomic E-state index is 13.1. The molecule has 6 heteroatoms. The van der Waals surface area contributed by atoms with Gasteiger partial charge in [0.15, 0.2) is 0 Å². The van der Waals surface area contributed by atoms with E-state index in [-0.39, 0.29) is 29.1 Å². The Bertz CT molecular complexity index is 895. The van der Waals surface area contributed by atoms with E-state index >= 15 is 0 Å². The third-order valence-electron chi connectivity index (χ3n) is 6.43. The van der Waals surface area contributed by atoms with Crippen molar-refractivity contribution in [3.63, 3.8) is 0 Å². The fourth-order valence-corrected chi connectivity index (χ4v) is 5.81. The Morgan fingerprint density at radius 3 is 2.77 bits per heavy atom. The summed E-state index contributed by atoms with van der Waals surface area (Å²) in [7, 11) is 0. The highest BCUT2D eigenvalue weighted by Gasteiger charge is 2.32. The summed E-state index contributed by atoms with van der Waals surface area (Å²) >= 11 is 1.81. The Hall–Kier alpha value is -2.21. The second-order valence-corrected chi connectivity index (χ2v) is 10.6. The number of benzene rings is 1. The molecule has 1 aromatic carbocycles. The lowest BCUT2D eigenvalue weighted by Gasteiger charge is -2.33. The molecule has 0 bridgehead atoms. The third-order valence-corrected chi connectivity index (χ3v) is 7.76. The van der Waals surface area contributed by atoms with Crippen molar-refractivity contribution in [1.82, 2.24) is 10.6 Å². The molecule has 1 aliphatic heterocycles. The van der Waals surface area contributed by atoms with Crippen molar-refractivity contribution in [2.45, 2.75) is 74.7 Å². The molecule has 166 valence electrons. The van der Waals surface area contributed by atoms with Crippen LogP contribution in [0.5, 0.6) is 0 Å². The molecule has 1 aromatic rings. The van der Waals surface area contributed by atoms with E-state index in [4.69, 9.17) is 0 Å². The van der Waals surface area contributed by atoms with Gasteiger partial charge in [-0.05, 0) is 49.3 Å². The SMILES string of the molecule is CC(C)C[C@@H](NC(=O)C1=CC2Nc3ccccc3SC2C=C1)C(=O)N[C@H]1CCC[C@@H]1C. The molecule has 31 heavy (non-hydrogen) atoms. The Kier molecular flexibility index (Phi) is 6.75. The monoisotopic (exact) mass is 439 g/mol. The second kappa shape index (κ2) is 9.51. The molecule has 1 saturated carbocycles. The first-order valence-electron chi connectivity index (χ1n) is 11.4. The van der Waals surface area contributed by atoms with E-state index in [0.717, 1.165) is 24.9 Å². The van der Waals surface area contributed by atoms with Crippen molar-refractivity contribution < 1.29 is 9.59 Å². The predicted octanol–water partition coefficient (Wildman–Crippen LogP) is 4.27. The van der Waals surface area contributed by atoms with Crippen LogP contribution >= 0.6 is 11.8 Å². The largest absolute Gasteiger partial charge is 0.376 e. The van der Waals surface area contributed by atoms with Gasteiger partial charge in [-0.3, -0.25) is 9.59 Å². The summed E-state index contributed by atoms with van der Waals surface area (Å²) in [6, 6.07) is 8.01. The van der Waals surface area contributed by atoms with Crippen molar-refractivity contribution in [3.8, 4) is 0 Å². The molecule has 3 N–H and O–H groups in total. The number of nitrogens with one attached hydrogen (secondary N) is 3. The molecule has 2 amide bonds. The summed E-state index contributed by atoms with van der Waals surface area (Å²) in [5, 5.41) is 10.0. The highest BCUT2D eigenvalue weighted by Crippen LogP contribution is 2.40. The van der Waals surface area contributed by atoms with E-state index in [2.05, 4.69) is 54.9 Å². The third kappa shape index (κ3) is 5.17. The van der Waals surface area contributed by atoms with Crippen LogP contribution in [0.25, 0.3) is 0 Å². The minimum Gasteiger partial charge on any atom is -0.376 e. The average molecular weight is 440 g/mol. The topological polar surface area (TPSA) is 70.2 Å². The number of rotatable bonds is 6. The van der Waals surface area contributed by atoms with Crippen LogP contribution in [0.2, 0.25) is 0 Å². The molecule has 5 atom stereocenters. The molecular weight excluding hydrogens is 406 g/mol. The van der Waals surface area contributed by atoms with Crippen LogP contribution in [0.4, 0.5) is 5.69 Å². The smallest absolute Gasteiger partial charge is 0.251 e. The molecule has 5 nitrogen and oxygen atoms in total. The number of fused-ring (bicyclic) bond motifs is 2. The fourth-order valence-electron chi connectivity index (χ4n) is 4.65. The number of carbonyl (C=O) groups excluding carboxylic acids is 2. The van der Waals surface area contributed by atoms with Crippen LogP contribution in [0, 0.1) is 11.8 Å². The van der Waals surface area contributed by atoms with Gasteiger partial charge in [0.05, 0.1) is 11.3 Å². The first-order chi connectivity index (χ1) is 14.9. The number of amides is 2. The van der Waals surface area contributed by atoms with Crippen LogP contribution in [-0.4, -0.2) is 35.2 Å². The molecule has 0 aromatic heterocycles. The lowest BCUT2D eigenvalue weighted by atomic mass is 9.98. The van der Waals surface area contributed by atoms with E-state index in [1.54, 1.807) is 0 Å². The van der Waals surface area contributed by atoms with Crippen LogP contribution in [0.3, 0.4) is 0 Å². The van der Waals surface area contributed by atoms with Crippen LogP contribution in [0.15, 0.2) is 53.0 Å². The first-order valence-corrected chi connectivity index (χ1v) is 12.3. The van der Waals surface area contributed by atoms with Gasteiger partial charge in [-0.25, -0.2) is 0 Å². The van der Waals surface area contributed by atoms with Crippen molar-refractivity contribution in [2.24, 2.45) is 11.8 Å². The molecule has 1 fully saturated rings. The van der Waals surface area contributed by atoms with Gasteiger partial charge in [-0.15, -0.1) is 11.8 Å². The number of anilines is 1. The molecule has 4 rings (SSSR count). The summed E-state index contributed by atoms with van der Waals surface area (Å²) in [6.45, 7) is 6.35. The minimum absolute atomic E-state index is 0.0562. The van der Waals surface area contributed by atoms with Gasteiger partial charge in [0.2, 0.25) is 5.91 Å². The van der Waals surface area contributed by atoms with E-state index in [1.807, 2.05) is 36.0 Å². The van der Waals surface area contributed by atoms with Crippen molar-refractivity contribution >= 4 is 29.3 Å². The van der Waals surface area contributed by atoms with Crippen molar-refractivity contribution in [3.05, 3.63) is 48.1 Å². The van der Waals surface area contributed by atoms with Crippen molar-refractivity contribution in [2.75, 3.05) is 5.32 Å². The number of para-hydroxylation sites is 1. The summed E-state index contributed by atoms with van der Waals surface area (Å²) in [5.74, 6) is 0.572. The lowest BCUT2D eigenvalue weighted by molar-refractivity contribution is -0.128. The molecule has 3 aliphatic rings. The van der Waals surface area contributed by atoms with Gasteiger partial charge in [0.1, 0.15) is 6.04 Å². The lowest BCUT2D eigenvalue weighted by Crippen LogP contribution is -2.51. The van der Waals surface area contributed by atoms with Gasteiger partial charge in [0, 0.05) is 22.2 Å². The summed E-state index contributed by atoms with van der Waals surface area (Å²) in [5.41, 5.74) is 1.72. The molecule has 0 spiro atoms. The number of hydrogen-bond acceptors (Lipinski definition) is 4. The number of carbonyl (C=O) groups is 2. The Balaban J connectivity index is 1.43. The molecule has 1 heterocycles. The minimum atomic E-state index is -0.512.